The van der Waals surface area contributed by atoms with Gasteiger partial charge in [-0.15, -0.1) is 0 Å². The van der Waals surface area contributed by atoms with Gasteiger partial charge >= 0.3 is 5.97 Å². The molecule has 2 rings (SSSR count). The molecule has 5 heteroatoms. The van der Waals surface area contributed by atoms with Gasteiger partial charge in [0.15, 0.2) is 0 Å². The van der Waals surface area contributed by atoms with Crippen LogP contribution in [-0.2, 0) is 4.74 Å². The van der Waals surface area contributed by atoms with Gasteiger partial charge in [0, 0.05) is 37.6 Å². The third-order valence-corrected chi connectivity index (χ3v) is 3.52. The Labute approximate surface area is 126 Å². The number of nitrogens with two attached hydrogens (primary N) is 1. The number of hydrogen-bond donors (Lipinski definition) is 1. The number of carbonyl (C=O) groups is 1. The number of piperazine rings is 1. The molecule has 0 unspecified atom stereocenters. The second-order valence-electron chi connectivity index (χ2n) is 6.56. The fourth-order valence-corrected chi connectivity index (χ4v) is 2.32. The van der Waals surface area contributed by atoms with E-state index in [1.807, 2.05) is 32.9 Å². The molecule has 1 aromatic rings. The van der Waals surface area contributed by atoms with Crippen molar-refractivity contribution in [2.24, 2.45) is 0 Å². The van der Waals surface area contributed by atoms with Crippen molar-refractivity contribution >= 4 is 17.3 Å². The first kappa shape index (κ1) is 15.6. The minimum absolute atomic E-state index is 0.365. The average molecular weight is 291 g/mol. The Kier molecular flexibility index (Phi) is 4.42. The van der Waals surface area contributed by atoms with Crippen LogP contribution >= 0.6 is 0 Å². The molecule has 1 aliphatic heterocycles. The van der Waals surface area contributed by atoms with Gasteiger partial charge in [-0.2, -0.15) is 0 Å². The highest BCUT2D eigenvalue weighted by molar-refractivity contribution is 5.96. The van der Waals surface area contributed by atoms with Gasteiger partial charge in [-0.05, 0) is 46.0 Å². The maximum atomic E-state index is 12.2. The predicted molar refractivity (Wildman–Crippen MR) is 85.7 cm³/mol. The number of rotatable bonds is 2. The first-order valence-electron chi connectivity index (χ1n) is 7.32. The largest absolute Gasteiger partial charge is 0.456 e. The van der Waals surface area contributed by atoms with Crippen LogP contribution < -0.4 is 10.6 Å². The van der Waals surface area contributed by atoms with Crippen molar-refractivity contribution in [1.82, 2.24) is 4.90 Å². The van der Waals surface area contributed by atoms with E-state index in [2.05, 4.69) is 16.8 Å². The quantitative estimate of drug-likeness (QED) is 0.667. The van der Waals surface area contributed by atoms with E-state index in [-0.39, 0.29) is 5.97 Å². The number of esters is 1. The number of ether oxygens (including phenoxy) is 1. The van der Waals surface area contributed by atoms with Gasteiger partial charge in [0.2, 0.25) is 0 Å². The fraction of sp³-hybridized carbons (Fsp3) is 0.562. The number of benzene rings is 1. The zero-order valence-electron chi connectivity index (χ0n) is 13.3. The normalized spacial score (nSPS) is 16.9. The van der Waals surface area contributed by atoms with Crippen molar-refractivity contribution in [3.63, 3.8) is 0 Å². The van der Waals surface area contributed by atoms with E-state index in [0.29, 0.717) is 11.3 Å². The monoisotopic (exact) mass is 291 g/mol. The van der Waals surface area contributed by atoms with E-state index in [1.54, 1.807) is 6.07 Å². The lowest BCUT2D eigenvalue weighted by Gasteiger charge is -2.34. The minimum Gasteiger partial charge on any atom is -0.456 e. The SMILES string of the molecule is CN1CCN(c2ccc(N)c(C(=O)OC(C)(C)C)c2)CC1. The average Bonchev–Trinajstić information content (AvgIpc) is 2.38. The summed E-state index contributed by atoms with van der Waals surface area (Å²) < 4.78 is 5.42. The Bertz CT molecular complexity index is 515. The summed E-state index contributed by atoms with van der Waals surface area (Å²) >= 11 is 0. The van der Waals surface area contributed by atoms with Crippen molar-refractivity contribution in [2.75, 3.05) is 43.9 Å². The molecule has 1 fully saturated rings. The van der Waals surface area contributed by atoms with Gasteiger partial charge in [-0.3, -0.25) is 0 Å². The molecule has 1 heterocycles. The predicted octanol–water partition coefficient (Wildman–Crippen LogP) is 1.98. The molecule has 5 nitrogen and oxygen atoms in total. The Morgan fingerprint density at radius 1 is 1.19 bits per heavy atom. The summed E-state index contributed by atoms with van der Waals surface area (Å²) in [6, 6.07) is 5.59. The minimum atomic E-state index is -0.520. The second-order valence-corrected chi connectivity index (χ2v) is 6.56. The molecular weight excluding hydrogens is 266 g/mol. The number of carbonyl (C=O) groups excluding carboxylic acids is 1. The van der Waals surface area contributed by atoms with Crippen LogP contribution in [0.15, 0.2) is 18.2 Å². The number of nitrogens with zero attached hydrogens (tertiary/aromatic N) is 2. The molecule has 1 aliphatic rings. The Hall–Kier alpha value is -1.75. The summed E-state index contributed by atoms with van der Waals surface area (Å²) in [7, 11) is 2.12. The first-order valence-corrected chi connectivity index (χ1v) is 7.32. The Balaban J connectivity index is 2.19. The van der Waals surface area contributed by atoms with Crippen LogP contribution in [0.2, 0.25) is 0 Å². The molecule has 2 N–H and O–H groups in total. The highest BCUT2D eigenvalue weighted by atomic mass is 16.6. The van der Waals surface area contributed by atoms with Gasteiger partial charge in [0.05, 0.1) is 5.56 Å². The highest BCUT2D eigenvalue weighted by Gasteiger charge is 2.21. The number of anilines is 2. The lowest BCUT2D eigenvalue weighted by molar-refractivity contribution is 0.00708. The summed E-state index contributed by atoms with van der Waals surface area (Å²) in [5, 5.41) is 0. The van der Waals surface area contributed by atoms with E-state index in [9.17, 15) is 4.79 Å². The molecule has 0 spiro atoms. The lowest BCUT2D eigenvalue weighted by atomic mass is 10.1. The van der Waals surface area contributed by atoms with E-state index < -0.39 is 5.60 Å². The van der Waals surface area contributed by atoms with Crippen molar-refractivity contribution < 1.29 is 9.53 Å². The Morgan fingerprint density at radius 2 is 1.81 bits per heavy atom. The molecule has 21 heavy (non-hydrogen) atoms. The van der Waals surface area contributed by atoms with Crippen LogP contribution in [0.1, 0.15) is 31.1 Å². The molecule has 0 saturated carbocycles. The molecule has 0 bridgehead atoms. The molecule has 0 aliphatic carbocycles. The smallest absolute Gasteiger partial charge is 0.340 e. The zero-order valence-corrected chi connectivity index (χ0v) is 13.3. The summed E-state index contributed by atoms with van der Waals surface area (Å²) in [5.41, 5.74) is 7.34. The summed E-state index contributed by atoms with van der Waals surface area (Å²) in [5.74, 6) is -0.365. The third kappa shape index (κ3) is 4.11. The number of nitrogen functional groups attached to an aromatic ring is 1. The Morgan fingerprint density at radius 3 is 2.38 bits per heavy atom. The molecule has 0 aromatic heterocycles. The summed E-state index contributed by atoms with van der Waals surface area (Å²) in [6.07, 6.45) is 0. The van der Waals surface area contributed by atoms with E-state index in [1.165, 1.54) is 0 Å². The zero-order chi connectivity index (χ0) is 15.6. The lowest BCUT2D eigenvalue weighted by Crippen LogP contribution is -2.44. The fourth-order valence-electron chi connectivity index (χ4n) is 2.32. The van der Waals surface area contributed by atoms with Crippen LogP contribution in [-0.4, -0.2) is 49.7 Å². The van der Waals surface area contributed by atoms with Gasteiger partial charge in [0.1, 0.15) is 5.60 Å². The van der Waals surface area contributed by atoms with Gasteiger partial charge < -0.3 is 20.3 Å². The van der Waals surface area contributed by atoms with E-state index in [4.69, 9.17) is 10.5 Å². The van der Waals surface area contributed by atoms with Crippen molar-refractivity contribution in [3.8, 4) is 0 Å². The van der Waals surface area contributed by atoms with Gasteiger partial charge in [-0.1, -0.05) is 0 Å². The van der Waals surface area contributed by atoms with Gasteiger partial charge in [0.25, 0.3) is 0 Å². The summed E-state index contributed by atoms with van der Waals surface area (Å²) in [6.45, 7) is 9.50. The maximum absolute atomic E-state index is 12.2. The van der Waals surface area contributed by atoms with Crippen LogP contribution in [0.4, 0.5) is 11.4 Å². The standard InChI is InChI=1S/C16H25N3O2/c1-16(2,3)21-15(20)13-11-12(5-6-14(13)17)19-9-7-18(4)8-10-19/h5-6,11H,7-10,17H2,1-4H3. The van der Waals surface area contributed by atoms with Crippen molar-refractivity contribution in [3.05, 3.63) is 23.8 Å². The molecule has 0 radical (unpaired) electrons. The molecule has 0 atom stereocenters. The second kappa shape index (κ2) is 5.93. The van der Waals surface area contributed by atoms with Crippen molar-refractivity contribution in [1.29, 1.82) is 0 Å². The summed E-state index contributed by atoms with van der Waals surface area (Å²) in [4.78, 5) is 16.8. The molecule has 1 aromatic carbocycles. The number of hydrogen-bond acceptors (Lipinski definition) is 5. The molecule has 116 valence electrons. The topological polar surface area (TPSA) is 58.8 Å². The van der Waals surface area contributed by atoms with Crippen LogP contribution in [0, 0.1) is 0 Å². The molecular formula is C16H25N3O2. The van der Waals surface area contributed by atoms with Crippen LogP contribution in [0.3, 0.4) is 0 Å². The van der Waals surface area contributed by atoms with Crippen LogP contribution in [0.5, 0.6) is 0 Å². The van der Waals surface area contributed by atoms with E-state index in [0.717, 1.165) is 31.9 Å². The molecule has 1 saturated heterocycles. The maximum Gasteiger partial charge on any atom is 0.340 e. The third-order valence-electron chi connectivity index (χ3n) is 3.52. The first-order chi connectivity index (χ1) is 9.76. The van der Waals surface area contributed by atoms with Crippen LogP contribution in [0.25, 0.3) is 0 Å². The highest BCUT2D eigenvalue weighted by Crippen LogP contribution is 2.24. The molecule has 0 amide bonds. The van der Waals surface area contributed by atoms with E-state index >= 15 is 0 Å². The number of likely N-dealkylation sites (N-methyl/N-ethyl adjacent to an activating group) is 1. The van der Waals surface area contributed by atoms with Gasteiger partial charge in [-0.25, -0.2) is 4.79 Å². The van der Waals surface area contributed by atoms with Crippen molar-refractivity contribution in [2.45, 2.75) is 26.4 Å².